The highest BCUT2D eigenvalue weighted by Gasteiger charge is 2.18. The number of aromatic carboxylic acids is 1. The van der Waals surface area contributed by atoms with Gasteiger partial charge in [-0.15, -0.1) is 11.3 Å². The van der Waals surface area contributed by atoms with Crippen LogP contribution in [0.1, 0.15) is 15.2 Å². The molecule has 2 heterocycles. The van der Waals surface area contributed by atoms with E-state index in [0.29, 0.717) is 27.3 Å². The Morgan fingerprint density at radius 1 is 1.38 bits per heavy atom. The Labute approximate surface area is 123 Å². The Balaban J connectivity index is 2.12. The van der Waals surface area contributed by atoms with Crippen LogP contribution in [0.3, 0.4) is 0 Å². The van der Waals surface area contributed by atoms with Gasteiger partial charge in [0.1, 0.15) is 27.7 Å². The van der Waals surface area contributed by atoms with E-state index in [2.05, 4.69) is 15.3 Å². The van der Waals surface area contributed by atoms with Crippen LogP contribution in [0, 0.1) is 12.7 Å². The van der Waals surface area contributed by atoms with Gasteiger partial charge in [0.25, 0.3) is 0 Å². The third kappa shape index (κ3) is 2.43. The molecule has 5 nitrogen and oxygen atoms in total. The van der Waals surface area contributed by atoms with Crippen molar-refractivity contribution in [2.45, 2.75) is 6.92 Å². The fourth-order valence-corrected chi connectivity index (χ4v) is 3.06. The number of halogens is 1. The largest absolute Gasteiger partial charge is 0.477 e. The molecule has 0 spiro atoms. The second-order valence-corrected chi connectivity index (χ2v) is 5.40. The zero-order valence-corrected chi connectivity index (χ0v) is 11.7. The monoisotopic (exact) mass is 303 g/mol. The number of nitrogens with one attached hydrogen (secondary N) is 1. The lowest BCUT2D eigenvalue weighted by Gasteiger charge is -2.07. The van der Waals surface area contributed by atoms with Crippen LogP contribution in [-0.2, 0) is 0 Å². The lowest BCUT2D eigenvalue weighted by atomic mass is 10.2. The summed E-state index contributed by atoms with van der Waals surface area (Å²) in [6.45, 7) is 1.71. The van der Waals surface area contributed by atoms with Crippen LogP contribution in [0.25, 0.3) is 10.2 Å². The third-order valence-electron chi connectivity index (χ3n) is 3.01. The smallest absolute Gasteiger partial charge is 0.346 e. The predicted octanol–water partition coefficient (Wildman–Crippen LogP) is 3.58. The number of benzene rings is 1. The number of carbonyl (C=O) groups is 1. The second-order valence-electron chi connectivity index (χ2n) is 4.40. The highest BCUT2D eigenvalue weighted by atomic mass is 32.1. The number of anilines is 2. The minimum atomic E-state index is -0.993. The van der Waals surface area contributed by atoms with Gasteiger partial charge in [-0.2, -0.15) is 0 Å². The summed E-state index contributed by atoms with van der Waals surface area (Å²) in [5.41, 5.74) is 1.14. The topological polar surface area (TPSA) is 75.1 Å². The Kier molecular flexibility index (Phi) is 3.26. The van der Waals surface area contributed by atoms with Gasteiger partial charge in [0, 0.05) is 5.69 Å². The van der Waals surface area contributed by atoms with Crippen LogP contribution in [-0.4, -0.2) is 21.0 Å². The van der Waals surface area contributed by atoms with Gasteiger partial charge in [-0.25, -0.2) is 19.2 Å². The predicted molar refractivity (Wildman–Crippen MR) is 78.8 cm³/mol. The van der Waals surface area contributed by atoms with Crippen LogP contribution in [0.2, 0.25) is 0 Å². The summed E-state index contributed by atoms with van der Waals surface area (Å²) in [7, 11) is 0. The molecule has 106 valence electrons. The minimum Gasteiger partial charge on any atom is -0.477 e. The summed E-state index contributed by atoms with van der Waals surface area (Å²) < 4.78 is 13.2. The first kappa shape index (κ1) is 13.4. The molecule has 7 heteroatoms. The number of hydrogen-bond donors (Lipinski definition) is 2. The quantitative estimate of drug-likeness (QED) is 0.773. The number of aromatic nitrogens is 2. The van der Waals surface area contributed by atoms with Crippen molar-refractivity contribution in [1.82, 2.24) is 9.97 Å². The van der Waals surface area contributed by atoms with Crippen LogP contribution >= 0.6 is 11.3 Å². The molecule has 0 bridgehead atoms. The van der Waals surface area contributed by atoms with Gasteiger partial charge in [0.05, 0.1) is 5.39 Å². The molecule has 0 unspecified atom stereocenters. The number of carboxylic acids is 1. The van der Waals surface area contributed by atoms with Crippen LogP contribution in [0.4, 0.5) is 15.9 Å². The summed E-state index contributed by atoms with van der Waals surface area (Å²) in [4.78, 5) is 20.2. The third-order valence-corrected chi connectivity index (χ3v) is 4.20. The molecule has 0 aliphatic rings. The van der Waals surface area contributed by atoms with Crippen molar-refractivity contribution < 1.29 is 14.3 Å². The summed E-state index contributed by atoms with van der Waals surface area (Å²) in [5.74, 6) is -0.891. The maximum absolute atomic E-state index is 13.2. The van der Waals surface area contributed by atoms with Crippen molar-refractivity contribution in [3.05, 3.63) is 46.9 Å². The molecule has 2 N–H and O–H groups in total. The molecule has 0 aliphatic carbocycles. The zero-order chi connectivity index (χ0) is 15.0. The average molecular weight is 303 g/mol. The van der Waals surface area contributed by atoms with E-state index >= 15 is 0 Å². The van der Waals surface area contributed by atoms with Crippen molar-refractivity contribution in [2.75, 3.05) is 5.32 Å². The number of hydrogen-bond acceptors (Lipinski definition) is 5. The first-order valence-corrected chi connectivity index (χ1v) is 6.88. The first-order valence-electron chi connectivity index (χ1n) is 6.06. The van der Waals surface area contributed by atoms with Crippen LogP contribution < -0.4 is 5.32 Å². The standard InChI is InChI=1S/C14H10FN3O2S/c1-7-10-12(18-9-4-2-3-8(15)5-9)16-6-17-13(10)21-11(7)14(19)20/h2-6H,1H3,(H,19,20)(H,16,17,18). The van der Waals surface area contributed by atoms with Crippen molar-refractivity contribution in [3.8, 4) is 0 Å². The van der Waals surface area contributed by atoms with Crippen LogP contribution in [0.5, 0.6) is 0 Å². The summed E-state index contributed by atoms with van der Waals surface area (Å²) >= 11 is 1.10. The van der Waals surface area contributed by atoms with E-state index in [4.69, 9.17) is 0 Å². The van der Waals surface area contributed by atoms with Crippen molar-refractivity contribution in [2.24, 2.45) is 0 Å². The van der Waals surface area contributed by atoms with E-state index in [1.807, 2.05) is 0 Å². The van der Waals surface area contributed by atoms with Crippen molar-refractivity contribution >= 4 is 39.0 Å². The fourth-order valence-electron chi connectivity index (χ4n) is 2.07. The molecule has 3 aromatic rings. The first-order chi connectivity index (χ1) is 10.1. The van der Waals surface area contributed by atoms with Gasteiger partial charge in [0.2, 0.25) is 0 Å². The summed E-state index contributed by atoms with van der Waals surface area (Å²) in [6.07, 6.45) is 1.35. The molecule has 21 heavy (non-hydrogen) atoms. The Hall–Kier alpha value is -2.54. The Morgan fingerprint density at radius 2 is 2.19 bits per heavy atom. The van der Waals surface area contributed by atoms with Gasteiger partial charge in [0.15, 0.2) is 0 Å². The number of nitrogens with zero attached hydrogens (tertiary/aromatic N) is 2. The van der Waals surface area contributed by atoms with Crippen molar-refractivity contribution in [3.63, 3.8) is 0 Å². The number of fused-ring (bicyclic) bond motifs is 1. The molecule has 2 aromatic heterocycles. The molecule has 0 amide bonds. The van der Waals surface area contributed by atoms with E-state index in [1.54, 1.807) is 19.1 Å². The van der Waals surface area contributed by atoms with E-state index in [9.17, 15) is 14.3 Å². The van der Waals surface area contributed by atoms with Gasteiger partial charge in [-0.1, -0.05) is 6.07 Å². The van der Waals surface area contributed by atoms with E-state index in [0.717, 1.165) is 11.3 Å². The molecule has 0 atom stereocenters. The van der Waals surface area contributed by atoms with E-state index in [1.165, 1.54) is 18.5 Å². The van der Waals surface area contributed by atoms with Crippen LogP contribution in [0.15, 0.2) is 30.6 Å². The second kappa shape index (κ2) is 5.10. The van der Waals surface area contributed by atoms with Gasteiger partial charge < -0.3 is 10.4 Å². The summed E-state index contributed by atoms with van der Waals surface area (Å²) in [5, 5.41) is 12.8. The lowest BCUT2D eigenvalue weighted by molar-refractivity contribution is 0.0701. The molecule has 0 saturated carbocycles. The highest BCUT2D eigenvalue weighted by molar-refractivity contribution is 7.20. The Morgan fingerprint density at radius 3 is 2.90 bits per heavy atom. The molecule has 0 saturated heterocycles. The Bertz CT molecular complexity index is 847. The molecule has 0 radical (unpaired) electrons. The van der Waals surface area contributed by atoms with E-state index in [-0.39, 0.29) is 10.7 Å². The van der Waals surface area contributed by atoms with Gasteiger partial charge in [-0.3, -0.25) is 0 Å². The lowest BCUT2D eigenvalue weighted by Crippen LogP contribution is -1.97. The maximum atomic E-state index is 13.2. The summed E-state index contributed by atoms with van der Waals surface area (Å²) in [6, 6.07) is 5.98. The minimum absolute atomic E-state index is 0.229. The molecule has 0 fully saturated rings. The normalized spacial score (nSPS) is 10.8. The number of carboxylic acid groups (broad SMARTS) is 1. The fraction of sp³-hybridized carbons (Fsp3) is 0.0714. The molecular weight excluding hydrogens is 293 g/mol. The zero-order valence-electron chi connectivity index (χ0n) is 10.9. The maximum Gasteiger partial charge on any atom is 0.346 e. The number of thiophene rings is 1. The SMILES string of the molecule is Cc1c(C(=O)O)sc2ncnc(Nc3cccc(F)c3)c12. The van der Waals surface area contributed by atoms with E-state index < -0.39 is 5.97 Å². The average Bonchev–Trinajstić information content (AvgIpc) is 2.77. The molecule has 0 aliphatic heterocycles. The van der Waals surface area contributed by atoms with Gasteiger partial charge >= 0.3 is 5.97 Å². The number of aryl methyl sites for hydroxylation is 1. The molecule has 1 aromatic carbocycles. The molecule has 3 rings (SSSR count). The highest BCUT2D eigenvalue weighted by Crippen LogP contribution is 2.34. The van der Waals surface area contributed by atoms with Crippen molar-refractivity contribution in [1.29, 1.82) is 0 Å². The number of rotatable bonds is 3. The van der Waals surface area contributed by atoms with Gasteiger partial charge in [-0.05, 0) is 30.7 Å². The molecular formula is C14H10FN3O2S.